The summed E-state index contributed by atoms with van der Waals surface area (Å²) in [4.78, 5) is 41.9. The van der Waals surface area contributed by atoms with Crippen LogP contribution in [0.5, 0.6) is 0 Å². The fraction of sp³-hybridized carbons (Fsp3) is 0.280. The van der Waals surface area contributed by atoms with E-state index in [2.05, 4.69) is 27.8 Å². The molecule has 10 nitrogen and oxygen atoms in total. The zero-order valence-corrected chi connectivity index (χ0v) is 19.4. The van der Waals surface area contributed by atoms with Crippen molar-refractivity contribution < 1.29 is 28.6 Å². The first-order chi connectivity index (χ1) is 16.8. The molecule has 1 atom stereocenters. The summed E-state index contributed by atoms with van der Waals surface area (Å²) in [7, 11) is 3.39. The lowest BCUT2D eigenvalue weighted by molar-refractivity contribution is -0.139. The number of benzene rings is 2. The molecular weight excluding hydrogens is 452 g/mol. The summed E-state index contributed by atoms with van der Waals surface area (Å²) in [6, 6.07) is 14.9. The van der Waals surface area contributed by atoms with Crippen LogP contribution in [0.1, 0.15) is 33.3 Å². The lowest BCUT2D eigenvalue weighted by Gasteiger charge is -2.18. The number of aliphatic carboxylic acids is 1. The van der Waals surface area contributed by atoms with Crippen LogP contribution >= 0.6 is 0 Å². The summed E-state index contributed by atoms with van der Waals surface area (Å²) in [5.74, 6) is -1.87. The number of carboxylic acid groups (broad SMARTS) is 1. The van der Waals surface area contributed by atoms with Gasteiger partial charge in [-0.1, -0.05) is 48.5 Å². The normalized spacial score (nSPS) is 13.1. The molecule has 0 aliphatic heterocycles. The smallest absolute Gasteiger partial charge is 0.407 e. The standard InChI is InChI=1S/C25H26N4O6/c1-29(2)12-20(24(31)32)28-23(30)22-21(35-14-27-22)11-26-25(33)34-13-19-17-9-5-3-7-15(17)16-8-4-6-10-18(16)19/h3-10,14,19-20H,11-13H2,1-2H3,(H,26,33)(H,28,30)(H,31,32)/t20-/m0/s1. The Morgan fingerprint density at radius 2 is 1.71 bits per heavy atom. The largest absolute Gasteiger partial charge is 0.480 e. The Balaban J connectivity index is 1.35. The third-order valence-corrected chi connectivity index (χ3v) is 5.74. The van der Waals surface area contributed by atoms with Crippen molar-refractivity contribution in [3.63, 3.8) is 0 Å². The Kier molecular flexibility index (Phi) is 7.11. The molecule has 1 aromatic heterocycles. The third kappa shape index (κ3) is 5.33. The van der Waals surface area contributed by atoms with Gasteiger partial charge in [-0.05, 0) is 36.3 Å². The second-order valence-corrected chi connectivity index (χ2v) is 8.43. The number of ether oxygens (including phenoxy) is 1. The second-order valence-electron chi connectivity index (χ2n) is 8.43. The van der Waals surface area contributed by atoms with E-state index in [4.69, 9.17) is 9.15 Å². The number of carbonyl (C=O) groups excluding carboxylic acids is 2. The van der Waals surface area contributed by atoms with Crippen LogP contribution in [0.15, 0.2) is 59.3 Å². The zero-order valence-electron chi connectivity index (χ0n) is 19.4. The van der Waals surface area contributed by atoms with Crippen molar-refractivity contribution in [1.82, 2.24) is 20.5 Å². The van der Waals surface area contributed by atoms with E-state index in [9.17, 15) is 19.5 Å². The van der Waals surface area contributed by atoms with Crippen LogP contribution < -0.4 is 10.6 Å². The minimum Gasteiger partial charge on any atom is -0.480 e. The average Bonchev–Trinajstić information content (AvgIpc) is 3.43. The van der Waals surface area contributed by atoms with Gasteiger partial charge in [-0.2, -0.15) is 0 Å². The van der Waals surface area contributed by atoms with Crippen molar-refractivity contribution in [2.24, 2.45) is 0 Å². The molecule has 3 N–H and O–H groups in total. The molecule has 1 aliphatic rings. The first-order valence-electron chi connectivity index (χ1n) is 11.0. The number of carbonyl (C=O) groups is 3. The van der Waals surface area contributed by atoms with Gasteiger partial charge in [0, 0.05) is 12.5 Å². The van der Waals surface area contributed by atoms with E-state index in [-0.39, 0.29) is 37.1 Å². The van der Waals surface area contributed by atoms with Crippen molar-refractivity contribution in [1.29, 1.82) is 0 Å². The van der Waals surface area contributed by atoms with Gasteiger partial charge < -0.3 is 29.8 Å². The second kappa shape index (κ2) is 10.4. The minimum atomic E-state index is -1.17. The highest BCUT2D eigenvalue weighted by Gasteiger charge is 2.29. The van der Waals surface area contributed by atoms with Gasteiger partial charge in [-0.15, -0.1) is 0 Å². The molecule has 0 fully saturated rings. The quantitative estimate of drug-likeness (QED) is 0.427. The monoisotopic (exact) mass is 478 g/mol. The Morgan fingerprint density at radius 1 is 1.09 bits per heavy atom. The number of aromatic nitrogens is 1. The van der Waals surface area contributed by atoms with Gasteiger partial charge in [-0.25, -0.2) is 14.6 Å². The molecule has 0 spiro atoms. The van der Waals surface area contributed by atoms with Crippen LogP contribution in [0, 0.1) is 0 Å². The van der Waals surface area contributed by atoms with E-state index in [0.29, 0.717) is 0 Å². The first-order valence-corrected chi connectivity index (χ1v) is 11.0. The van der Waals surface area contributed by atoms with Crippen molar-refractivity contribution >= 4 is 18.0 Å². The molecule has 2 amide bonds. The number of oxazole rings is 1. The summed E-state index contributed by atoms with van der Waals surface area (Å²) >= 11 is 0. The number of carboxylic acids is 1. The summed E-state index contributed by atoms with van der Waals surface area (Å²) in [5.41, 5.74) is 4.35. The number of amides is 2. The number of likely N-dealkylation sites (N-methyl/N-ethyl adjacent to an activating group) is 1. The fourth-order valence-corrected chi connectivity index (χ4v) is 4.16. The molecule has 1 heterocycles. The predicted octanol–water partition coefficient (Wildman–Crippen LogP) is 2.46. The van der Waals surface area contributed by atoms with E-state index in [1.165, 1.54) is 0 Å². The van der Waals surface area contributed by atoms with E-state index in [1.807, 2.05) is 36.4 Å². The number of hydrogen-bond donors (Lipinski definition) is 3. The van der Waals surface area contributed by atoms with Crippen molar-refractivity contribution in [2.75, 3.05) is 27.2 Å². The Labute approximate surface area is 201 Å². The van der Waals surface area contributed by atoms with Gasteiger partial charge in [0.05, 0.1) is 6.54 Å². The van der Waals surface area contributed by atoms with Crippen LogP contribution in [0.4, 0.5) is 4.79 Å². The highest BCUT2D eigenvalue weighted by atomic mass is 16.5. The number of rotatable bonds is 9. The Bertz CT molecular complexity index is 1190. The first kappa shape index (κ1) is 24.0. The molecule has 0 saturated heterocycles. The number of nitrogens with zero attached hydrogens (tertiary/aromatic N) is 2. The third-order valence-electron chi connectivity index (χ3n) is 5.74. The Morgan fingerprint density at radius 3 is 2.31 bits per heavy atom. The summed E-state index contributed by atoms with van der Waals surface area (Å²) in [5, 5.41) is 14.3. The zero-order chi connectivity index (χ0) is 24.9. The molecule has 2 aromatic carbocycles. The molecule has 10 heteroatoms. The highest BCUT2D eigenvalue weighted by molar-refractivity contribution is 5.95. The summed E-state index contributed by atoms with van der Waals surface area (Å²) in [6.07, 6.45) is 0.386. The van der Waals surface area contributed by atoms with Gasteiger partial charge in [-0.3, -0.25) is 4.79 Å². The molecule has 0 bridgehead atoms. The lowest BCUT2D eigenvalue weighted by atomic mass is 9.98. The van der Waals surface area contributed by atoms with Gasteiger partial charge in [0.15, 0.2) is 17.8 Å². The molecule has 0 unspecified atom stereocenters. The Hall–Kier alpha value is -4.18. The molecule has 3 aromatic rings. The molecule has 0 saturated carbocycles. The minimum absolute atomic E-state index is 0.0792. The number of alkyl carbamates (subject to hydrolysis) is 1. The van der Waals surface area contributed by atoms with Crippen LogP contribution in [0.25, 0.3) is 11.1 Å². The van der Waals surface area contributed by atoms with Crippen molar-refractivity contribution in [2.45, 2.75) is 18.5 Å². The van der Waals surface area contributed by atoms with Gasteiger partial charge in [0.2, 0.25) is 0 Å². The van der Waals surface area contributed by atoms with Crippen LogP contribution in [0.2, 0.25) is 0 Å². The molecule has 182 valence electrons. The maximum absolute atomic E-state index is 12.5. The number of hydrogen-bond acceptors (Lipinski definition) is 7. The number of nitrogens with one attached hydrogen (secondary N) is 2. The number of fused-ring (bicyclic) bond motifs is 3. The van der Waals surface area contributed by atoms with Gasteiger partial charge in [0.1, 0.15) is 12.6 Å². The maximum atomic E-state index is 12.5. The molecular formula is C25H26N4O6. The summed E-state index contributed by atoms with van der Waals surface area (Å²) in [6.45, 7) is 0.103. The SMILES string of the molecule is CN(C)C[C@H](NC(=O)c1ncoc1CNC(=O)OCC1c2ccccc2-c2ccccc21)C(=O)O. The predicted molar refractivity (Wildman–Crippen MR) is 126 cm³/mol. The molecule has 4 rings (SSSR count). The topological polar surface area (TPSA) is 134 Å². The fourth-order valence-electron chi connectivity index (χ4n) is 4.16. The van der Waals surface area contributed by atoms with E-state index < -0.39 is 24.0 Å². The maximum Gasteiger partial charge on any atom is 0.407 e. The lowest BCUT2D eigenvalue weighted by Crippen LogP contribution is -2.47. The van der Waals surface area contributed by atoms with E-state index >= 15 is 0 Å². The van der Waals surface area contributed by atoms with Crippen LogP contribution in [0.3, 0.4) is 0 Å². The van der Waals surface area contributed by atoms with E-state index in [1.54, 1.807) is 19.0 Å². The molecule has 0 radical (unpaired) electrons. The van der Waals surface area contributed by atoms with Crippen LogP contribution in [-0.2, 0) is 16.1 Å². The molecule has 1 aliphatic carbocycles. The van der Waals surface area contributed by atoms with Gasteiger partial charge in [0.25, 0.3) is 5.91 Å². The van der Waals surface area contributed by atoms with Crippen molar-refractivity contribution in [3.05, 3.63) is 77.5 Å². The van der Waals surface area contributed by atoms with Gasteiger partial charge >= 0.3 is 12.1 Å². The highest BCUT2D eigenvalue weighted by Crippen LogP contribution is 2.44. The summed E-state index contributed by atoms with van der Waals surface area (Å²) < 4.78 is 10.7. The van der Waals surface area contributed by atoms with Crippen molar-refractivity contribution in [3.8, 4) is 11.1 Å². The van der Waals surface area contributed by atoms with Crippen LogP contribution in [-0.4, -0.2) is 66.2 Å². The average molecular weight is 479 g/mol. The molecule has 35 heavy (non-hydrogen) atoms. The van der Waals surface area contributed by atoms with E-state index in [0.717, 1.165) is 28.6 Å².